The Labute approximate surface area is 62.0 Å². The molecule has 0 saturated carbocycles. The molecule has 11 heavy (non-hydrogen) atoms. The van der Waals surface area contributed by atoms with E-state index in [0.29, 0.717) is 0 Å². The van der Waals surface area contributed by atoms with Crippen LogP contribution in [0.15, 0.2) is 0 Å². The molecule has 0 saturated heterocycles. The van der Waals surface area contributed by atoms with Crippen LogP contribution >= 0.6 is 7.82 Å². The van der Waals surface area contributed by atoms with Gasteiger partial charge in [-0.2, -0.15) is 0 Å². The molecule has 8 heteroatoms. The predicted molar refractivity (Wildman–Crippen MR) is 25.2 cm³/mol. The lowest BCUT2D eigenvalue weighted by Crippen LogP contribution is -2.70. The van der Waals surface area contributed by atoms with Crippen LogP contribution < -0.4 is 20.6 Å². The molecule has 0 aromatic heterocycles. The lowest BCUT2D eigenvalue weighted by Gasteiger charge is -2.29. The Morgan fingerprint density at radius 1 is 1.64 bits per heavy atom. The van der Waals surface area contributed by atoms with Gasteiger partial charge in [0.2, 0.25) is 0 Å². The van der Waals surface area contributed by atoms with Gasteiger partial charge in [-0.1, -0.05) is 0 Å². The van der Waals surface area contributed by atoms with Crippen molar-refractivity contribution in [2.45, 2.75) is 6.04 Å². The number of quaternary nitrogens is 1. The van der Waals surface area contributed by atoms with Gasteiger partial charge in [0.15, 0.2) is 0 Å². The minimum atomic E-state index is -5.09. The van der Waals surface area contributed by atoms with Crippen molar-refractivity contribution in [1.29, 1.82) is 0 Å². The molecule has 0 aromatic rings. The molecule has 3 N–H and O–H groups in total. The average Bonchev–Trinajstić information content (AvgIpc) is 1.80. The van der Waals surface area contributed by atoms with Crippen LogP contribution in [0.3, 0.4) is 0 Å². The fourth-order valence-electron chi connectivity index (χ4n) is 0.249. The van der Waals surface area contributed by atoms with Crippen molar-refractivity contribution in [3.63, 3.8) is 0 Å². The summed E-state index contributed by atoms with van der Waals surface area (Å²) in [6.45, 7) is -0.785. The van der Waals surface area contributed by atoms with Crippen molar-refractivity contribution in [1.82, 2.24) is 0 Å². The van der Waals surface area contributed by atoms with Crippen molar-refractivity contribution >= 4 is 13.8 Å². The monoisotopic (exact) mass is 183 g/mol. The summed E-state index contributed by atoms with van der Waals surface area (Å²) in [5.41, 5.74) is 2.95. The van der Waals surface area contributed by atoms with Crippen LogP contribution in [0.5, 0.6) is 0 Å². The maximum absolute atomic E-state index is 9.87. The minimum absolute atomic E-state index is 0.785. The normalized spacial score (nSPS) is 14.5. The van der Waals surface area contributed by atoms with Crippen LogP contribution in [0.25, 0.3) is 0 Å². The number of hydrogen-bond donors (Lipinski definition) is 1. The van der Waals surface area contributed by atoms with E-state index in [4.69, 9.17) is 0 Å². The molecule has 0 amide bonds. The first kappa shape index (κ1) is 10.5. The lowest BCUT2D eigenvalue weighted by molar-refractivity contribution is -0.443. The summed E-state index contributed by atoms with van der Waals surface area (Å²) in [7, 11) is -5.09. The van der Waals surface area contributed by atoms with Crippen LogP contribution in [-0.4, -0.2) is 18.6 Å². The first-order chi connectivity index (χ1) is 4.83. The zero-order valence-electron chi connectivity index (χ0n) is 5.39. The molecule has 0 aliphatic heterocycles. The molecular formula is C3H6NO6P-2. The number of hydrogen-bond acceptors (Lipinski definition) is 6. The third-order valence-electron chi connectivity index (χ3n) is 0.767. The Hall–Kier alpha value is -0.460. The largest absolute Gasteiger partial charge is 0.790 e. The maximum Gasteiger partial charge on any atom is 0.148 e. The summed E-state index contributed by atoms with van der Waals surface area (Å²) in [5, 5.41) is 9.87. The number of phosphoric acid groups is 1. The van der Waals surface area contributed by atoms with Crippen LogP contribution in [0.4, 0.5) is 0 Å². The molecule has 0 spiro atoms. The van der Waals surface area contributed by atoms with Crippen molar-refractivity contribution < 1.29 is 34.5 Å². The number of carbonyl (C=O) groups excluding carboxylic acids is 1. The summed E-state index contributed by atoms with van der Waals surface area (Å²) in [6, 6.07) is -1.36. The first-order valence-corrected chi connectivity index (χ1v) is 3.99. The van der Waals surface area contributed by atoms with Crippen LogP contribution in [0.2, 0.25) is 0 Å². The number of phosphoric ester groups is 1. The van der Waals surface area contributed by atoms with E-state index in [1.54, 1.807) is 0 Å². The molecule has 0 unspecified atom stereocenters. The Morgan fingerprint density at radius 3 is 2.36 bits per heavy atom. The average molecular weight is 183 g/mol. The van der Waals surface area contributed by atoms with Crippen molar-refractivity contribution in [2.75, 3.05) is 6.61 Å². The highest BCUT2D eigenvalue weighted by Gasteiger charge is 2.07. The maximum atomic E-state index is 9.87. The zero-order valence-corrected chi connectivity index (χ0v) is 6.28. The Kier molecular flexibility index (Phi) is 3.64. The van der Waals surface area contributed by atoms with Gasteiger partial charge in [-0.3, -0.25) is 0 Å². The molecule has 0 aliphatic rings. The number of carboxylic acids is 1. The van der Waals surface area contributed by atoms with Gasteiger partial charge in [0.1, 0.15) is 18.6 Å². The van der Waals surface area contributed by atoms with Crippen LogP contribution in [0.1, 0.15) is 0 Å². The second-order valence-electron chi connectivity index (χ2n) is 1.76. The molecule has 1 atom stereocenters. The molecule has 0 heterocycles. The molecule has 0 aromatic carbocycles. The standard InChI is InChI=1S/C3H8NO6P/c4-2(3(5)6)1-10-11(7,8)9/h2H,1,4H2,(H,5,6)(H2,7,8,9)/p-2/t2-/m1/s1. The third-order valence-corrected chi connectivity index (χ3v) is 1.23. The van der Waals surface area contributed by atoms with Gasteiger partial charge in [-0.05, 0) is 0 Å². The molecule has 7 nitrogen and oxygen atoms in total. The minimum Gasteiger partial charge on any atom is -0.790 e. The van der Waals surface area contributed by atoms with Gasteiger partial charge in [0.25, 0.3) is 0 Å². The summed E-state index contributed by atoms with van der Waals surface area (Å²) < 4.78 is 13.4. The summed E-state index contributed by atoms with van der Waals surface area (Å²) in [5.74, 6) is -1.57. The lowest BCUT2D eigenvalue weighted by atomic mass is 10.3. The SMILES string of the molecule is [NH3+][C@H](COP(=O)([O-])[O-])C(=O)[O-]. The van der Waals surface area contributed by atoms with Crippen LogP contribution in [0, 0.1) is 0 Å². The van der Waals surface area contributed by atoms with E-state index in [-0.39, 0.29) is 0 Å². The van der Waals surface area contributed by atoms with Gasteiger partial charge >= 0.3 is 0 Å². The number of aliphatic carboxylic acids is 1. The van der Waals surface area contributed by atoms with Gasteiger partial charge in [0.05, 0.1) is 7.82 Å². The quantitative estimate of drug-likeness (QED) is 0.433. The van der Waals surface area contributed by atoms with Crippen molar-refractivity contribution in [2.24, 2.45) is 0 Å². The van der Waals surface area contributed by atoms with E-state index in [0.717, 1.165) is 0 Å². The van der Waals surface area contributed by atoms with E-state index in [1.807, 2.05) is 0 Å². The van der Waals surface area contributed by atoms with E-state index < -0.39 is 26.4 Å². The van der Waals surface area contributed by atoms with Crippen molar-refractivity contribution in [3.05, 3.63) is 0 Å². The second kappa shape index (κ2) is 3.80. The Morgan fingerprint density at radius 2 is 2.09 bits per heavy atom. The van der Waals surface area contributed by atoms with Gasteiger partial charge in [0, 0.05) is 0 Å². The number of carbonyl (C=O) groups is 1. The molecule has 0 rings (SSSR count). The van der Waals surface area contributed by atoms with E-state index in [9.17, 15) is 24.3 Å². The van der Waals surface area contributed by atoms with E-state index >= 15 is 0 Å². The third kappa shape index (κ3) is 5.96. The predicted octanol–water partition coefficient (Wildman–Crippen LogP) is -4.81. The van der Waals surface area contributed by atoms with E-state index in [1.165, 1.54) is 0 Å². The van der Waals surface area contributed by atoms with Crippen molar-refractivity contribution in [3.8, 4) is 0 Å². The zero-order chi connectivity index (χ0) is 9.07. The Bertz CT molecular complexity index is 186. The van der Waals surface area contributed by atoms with Gasteiger partial charge < -0.3 is 34.5 Å². The van der Waals surface area contributed by atoms with Gasteiger partial charge in [-0.15, -0.1) is 0 Å². The molecular weight excluding hydrogens is 177 g/mol. The molecule has 66 valence electrons. The summed E-state index contributed by atoms with van der Waals surface area (Å²) in [4.78, 5) is 29.4. The number of carboxylic acid groups (broad SMARTS) is 1. The highest BCUT2D eigenvalue weighted by Crippen LogP contribution is 2.23. The number of rotatable bonds is 4. The highest BCUT2D eigenvalue weighted by molar-refractivity contribution is 7.43. The summed E-state index contributed by atoms with van der Waals surface area (Å²) in [6.07, 6.45) is 0. The van der Waals surface area contributed by atoms with E-state index in [2.05, 4.69) is 10.3 Å². The highest BCUT2D eigenvalue weighted by atomic mass is 31.2. The second-order valence-corrected chi connectivity index (χ2v) is 2.91. The molecule has 0 bridgehead atoms. The molecule has 0 aliphatic carbocycles. The fraction of sp³-hybridized carbons (Fsp3) is 0.667. The fourth-order valence-corrected chi connectivity index (χ4v) is 0.612. The smallest absolute Gasteiger partial charge is 0.148 e. The summed E-state index contributed by atoms with van der Waals surface area (Å²) >= 11 is 0. The first-order valence-electron chi connectivity index (χ1n) is 2.53. The molecule has 0 fully saturated rings. The molecule has 0 radical (unpaired) electrons. The topological polar surface area (TPSA) is 140 Å². The van der Waals surface area contributed by atoms with Gasteiger partial charge in [-0.25, -0.2) is 0 Å². The van der Waals surface area contributed by atoms with Crippen LogP contribution in [-0.2, 0) is 13.9 Å². The Balaban J connectivity index is 3.72.